The number of hydrazine groups is 1. The highest BCUT2D eigenvalue weighted by atomic mass is 16.5. The standard InChI is InChI=1S/C12H21N5O/c1-4-18-12-10(2)11(13-9-14-12)15-17-7-5-16(3)6-8-17/h9H,4-8H2,1-3H3,(H,13,14,15). The molecule has 1 aromatic heterocycles. The minimum Gasteiger partial charge on any atom is -0.478 e. The first-order valence-electron chi connectivity index (χ1n) is 6.35. The quantitative estimate of drug-likeness (QED) is 0.852. The van der Waals surface area contributed by atoms with Crippen LogP contribution in [0.1, 0.15) is 12.5 Å². The smallest absolute Gasteiger partial charge is 0.221 e. The number of rotatable bonds is 4. The van der Waals surface area contributed by atoms with Crippen LogP contribution in [-0.2, 0) is 0 Å². The van der Waals surface area contributed by atoms with Gasteiger partial charge in [-0.15, -0.1) is 0 Å². The van der Waals surface area contributed by atoms with Gasteiger partial charge in [-0.1, -0.05) is 0 Å². The number of piperazine rings is 1. The summed E-state index contributed by atoms with van der Waals surface area (Å²) >= 11 is 0. The van der Waals surface area contributed by atoms with E-state index in [0.717, 1.165) is 37.6 Å². The number of likely N-dealkylation sites (N-methyl/N-ethyl adjacent to an activating group) is 1. The van der Waals surface area contributed by atoms with Crippen LogP contribution in [0.2, 0.25) is 0 Å². The van der Waals surface area contributed by atoms with Crippen LogP contribution in [-0.4, -0.2) is 59.7 Å². The Labute approximate surface area is 108 Å². The van der Waals surface area contributed by atoms with Crippen molar-refractivity contribution >= 4 is 5.82 Å². The molecule has 1 N–H and O–H groups in total. The monoisotopic (exact) mass is 251 g/mol. The maximum Gasteiger partial charge on any atom is 0.221 e. The minimum absolute atomic E-state index is 0.617. The summed E-state index contributed by atoms with van der Waals surface area (Å²) in [5.41, 5.74) is 4.30. The van der Waals surface area contributed by atoms with Crippen molar-refractivity contribution in [1.82, 2.24) is 19.9 Å². The Balaban J connectivity index is 2.02. The average molecular weight is 251 g/mol. The summed E-state index contributed by atoms with van der Waals surface area (Å²) in [6.07, 6.45) is 1.54. The van der Waals surface area contributed by atoms with Gasteiger partial charge in [-0.3, -0.25) is 0 Å². The molecule has 0 saturated carbocycles. The SMILES string of the molecule is CCOc1ncnc(NN2CCN(C)CC2)c1C. The molecule has 0 spiro atoms. The highest BCUT2D eigenvalue weighted by Crippen LogP contribution is 2.20. The number of hydrogen-bond donors (Lipinski definition) is 1. The molecule has 6 nitrogen and oxygen atoms in total. The first-order valence-corrected chi connectivity index (χ1v) is 6.35. The Hall–Kier alpha value is -1.40. The number of nitrogens with one attached hydrogen (secondary N) is 1. The molecule has 18 heavy (non-hydrogen) atoms. The largest absolute Gasteiger partial charge is 0.478 e. The zero-order chi connectivity index (χ0) is 13.0. The molecule has 0 aromatic carbocycles. The number of hydrogen-bond acceptors (Lipinski definition) is 6. The van der Waals surface area contributed by atoms with E-state index >= 15 is 0 Å². The van der Waals surface area contributed by atoms with Gasteiger partial charge < -0.3 is 15.1 Å². The maximum atomic E-state index is 5.47. The highest BCUT2D eigenvalue weighted by Gasteiger charge is 2.16. The summed E-state index contributed by atoms with van der Waals surface area (Å²) in [5, 5.41) is 2.19. The van der Waals surface area contributed by atoms with Gasteiger partial charge in [0.15, 0.2) is 5.82 Å². The molecule has 0 unspecified atom stereocenters. The topological polar surface area (TPSA) is 53.5 Å². The molecule has 2 rings (SSSR count). The van der Waals surface area contributed by atoms with Crippen LogP contribution < -0.4 is 10.2 Å². The van der Waals surface area contributed by atoms with Gasteiger partial charge in [0.25, 0.3) is 0 Å². The molecule has 0 amide bonds. The van der Waals surface area contributed by atoms with Gasteiger partial charge in [0.1, 0.15) is 6.33 Å². The van der Waals surface area contributed by atoms with Crippen LogP contribution in [0.3, 0.4) is 0 Å². The van der Waals surface area contributed by atoms with Crippen LogP contribution in [0.4, 0.5) is 5.82 Å². The zero-order valence-corrected chi connectivity index (χ0v) is 11.3. The third-order valence-corrected chi connectivity index (χ3v) is 3.09. The van der Waals surface area contributed by atoms with E-state index in [1.807, 2.05) is 13.8 Å². The molecule has 0 radical (unpaired) electrons. The second kappa shape index (κ2) is 5.97. The van der Waals surface area contributed by atoms with Gasteiger partial charge in [0.2, 0.25) is 5.88 Å². The van der Waals surface area contributed by atoms with Gasteiger partial charge in [-0.25, -0.2) is 15.0 Å². The molecule has 1 aliphatic heterocycles. The lowest BCUT2D eigenvalue weighted by molar-refractivity contribution is 0.178. The van der Waals surface area contributed by atoms with Gasteiger partial charge in [0.05, 0.1) is 12.2 Å². The molecule has 6 heteroatoms. The van der Waals surface area contributed by atoms with Crippen molar-refractivity contribution in [3.8, 4) is 5.88 Å². The van der Waals surface area contributed by atoms with Crippen molar-refractivity contribution < 1.29 is 4.74 Å². The highest BCUT2D eigenvalue weighted by molar-refractivity contribution is 5.46. The predicted molar refractivity (Wildman–Crippen MR) is 70.6 cm³/mol. The van der Waals surface area contributed by atoms with E-state index in [9.17, 15) is 0 Å². The second-order valence-corrected chi connectivity index (χ2v) is 4.49. The summed E-state index contributed by atoms with van der Waals surface area (Å²) in [4.78, 5) is 10.7. The van der Waals surface area contributed by atoms with Crippen molar-refractivity contribution in [3.05, 3.63) is 11.9 Å². The lowest BCUT2D eigenvalue weighted by atomic mass is 10.3. The van der Waals surface area contributed by atoms with Crippen LogP contribution in [0.25, 0.3) is 0 Å². The fraction of sp³-hybridized carbons (Fsp3) is 0.667. The molecular weight excluding hydrogens is 230 g/mol. The minimum atomic E-state index is 0.617. The molecule has 1 fully saturated rings. The Morgan fingerprint density at radius 1 is 1.28 bits per heavy atom. The molecule has 2 heterocycles. The van der Waals surface area contributed by atoms with Crippen molar-refractivity contribution in [2.24, 2.45) is 0 Å². The molecule has 1 aliphatic rings. The van der Waals surface area contributed by atoms with Gasteiger partial charge >= 0.3 is 0 Å². The summed E-state index contributed by atoms with van der Waals surface area (Å²) in [7, 11) is 2.14. The molecule has 100 valence electrons. The summed E-state index contributed by atoms with van der Waals surface area (Å²) < 4.78 is 5.47. The first-order chi connectivity index (χ1) is 8.70. The Morgan fingerprint density at radius 2 is 2.00 bits per heavy atom. The fourth-order valence-corrected chi connectivity index (χ4v) is 1.90. The Bertz CT molecular complexity index is 390. The van der Waals surface area contributed by atoms with E-state index < -0.39 is 0 Å². The lowest BCUT2D eigenvalue weighted by Gasteiger charge is -2.33. The van der Waals surface area contributed by atoms with Crippen LogP contribution in [0.15, 0.2) is 6.33 Å². The summed E-state index contributed by atoms with van der Waals surface area (Å²) in [5.74, 6) is 1.49. The second-order valence-electron chi connectivity index (χ2n) is 4.49. The third kappa shape index (κ3) is 3.08. The number of aromatic nitrogens is 2. The van der Waals surface area contributed by atoms with Gasteiger partial charge in [-0.05, 0) is 20.9 Å². The fourth-order valence-electron chi connectivity index (χ4n) is 1.90. The van der Waals surface area contributed by atoms with Crippen LogP contribution in [0.5, 0.6) is 5.88 Å². The van der Waals surface area contributed by atoms with E-state index in [-0.39, 0.29) is 0 Å². The first kappa shape index (κ1) is 13.0. The van der Waals surface area contributed by atoms with Crippen molar-refractivity contribution in [3.63, 3.8) is 0 Å². The third-order valence-electron chi connectivity index (χ3n) is 3.09. The maximum absolute atomic E-state index is 5.47. The molecule has 0 bridgehead atoms. The van der Waals surface area contributed by atoms with E-state index in [1.54, 1.807) is 0 Å². The summed E-state index contributed by atoms with van der Waals surface area (Å²) in [6, 6.07) is 0. The zero-order valence-electron chi connectivity index (χ0n) is 11.3. The van der Waals surface area contributed by atoms with Crippen LogP contribution in [0, 0.1) is 6.92 Å². The normalized spacial score (nSPS) is 17.7. The predicted octanol–water partition coefficient (Wildman–Crippen LogP) is 0.758. The average Bonchev–Trinajstić information content (AvgIpc) is 2.37. The molecule has 1 aromatic rings. The molecule has 0 aliphatic carbocycles. The van der Waals surface area contributed by atoms with Crippen molar-refractivity contribution in [1.29, 1.82) is 0 Å². The van der Waals surface area contributed by atoms with E-state index in [0.29, 0.717) is 12.5 Å². The molecule has 1 saturated heterocycles. The summed E-state index contributed by atoms with van der Waals surface area (Å²) in [6.45, 7) is 8.66. The Kier molecular flexibility index (Phi) is 4.33. The Morgan fingerprint density at radius 3 is 2.67 bits per heavy atom. The molecule has 0 atom stereocenters. The lowest BCUT2D eigenvalue weighted by Crippen LogP contribution is -2.47. The number of ether oxygens (including phenoxy) is 1. The van der Waals surface area contributed by atoms with E-state index in [4.69, 9.17) is 4.74 Å². The molecular formula is C12H21N5O. The number of anilines is 1. The van der Waals surface area contributed by atoms with E-state index in [1.165, 1.54) is 6.33 Å². The van der Waals surface area contributed by atoms with Crippen LogP contribution >= 0.6 is 0 Å². The van der Waals surface area contributed by atoms with Crippen molar-refractivity contribution in [2.45, 2.75) is 13.8 Å². The van der Waals surface area contributed by atoms with Crippen molar-refractivity contribution in [2.75, 3.05) is 45.3 Å². The van der Waals surface area contributed by atoms with Gasteiger partial charge in [-0.2, -0.15) is 0 Å². The van der Waals surface area contributed by atoms with E-state index in [2.05, 4.69) is 32.4 Å². The number of nitrogens with zero attached hydrogens (tertiary/aromatic N) is 4. The van der Waals surface area contributed by atoms with Gasteiger partial charge in [0, 0.05) is 26.2 Å².